The van der Waals surface area contributed by atoms with Crippen LogP contribution in [0.15, 0.2) is 24.3 Å². The minimum Gasteiger partial charge on any atom is -0.330 e. The van der Waals surface area contributed by atoms with Gasteiger partial charge < -0.3 is 5.73 Å². The molecule has 0 bridgehead atoms. The highest BCUT2D eigenvalue weighted by molar-refractivity contribution is 5.29. The first-order valence-corrected chi connectivity index (χ1v) is 6.89. The van der Waals surface area contributed by atoms with E-state index >= 15 is 0 Å². The van der Waals surface area contributed by atoms with Crippen molar-refractivity contribution in [3.05, 3.63) is 35.4 Å². The first-order valence-electron chi connectivity index (χ1n) is 6.89. The number of nitrogens with zero attached hydrogens (tertiary/aromatic N) is 1. The minimum atomic E-state index is 0.736. The number of fused-ring (bicyclic) bond motifs is 1. The highest BCUT2D eigenvalue weighted by Crippen LogP contribution is 2.32. The molecule has 2 N–H and O–H groups in total. The summed E-state index contributed by atoms with van der Waals surface area (Å²) in [5.74, 6) is 0.736. The molecule has 2 heteroatoms. The van der Waals surface area contributed by atoms with E-state index in [1.54, 1.807) is 5.56 Å². The first kappa shape index (κ1) is 11.2. The summed E-state index contributed by atoms with van der Waals surface area (Å²) in [5, 5.41) is 0. The molecule has 0 radical (unpaired) electrons. The zero-order valence-corrected chi connectivity index (χ0v) is 10.4. The van der Waals surface area contributed by atoms with Crippen molar-refractivity contribution < 1.29 is 0 Å². The van der Waals surface area contributed by atoms with Gasteiger partial charge in [-0.15, -0.1) is 0 Å². The van der Waals surface area contributed by atoms with E-state index in [1.165, 1.54) is 37.8 Å². The van der Waals surface area contributed by atoms with Crippen LogP contribution in [0.25, 0.3) is 0 Å². The van der Waals surface area contributed by atoms with Gasteiger partial charge in [-0.2, -0.15) is 0 Å². The topological polar surface area (TPSA) is 29.3 Å². The average Bonchev–Trinajstić information content (AvgIpc) is 2.86. The molecule has 1 aromatic carbocycles. The van der Waals surface area contributed by atoms with Gasteiger partial charge in [0.25, 0.3) is 0 Å². The smallest absolute Gasteiger partial charge is 0.0239 e. The Labute approximate surface area is 104 Å². The molecule has 0 amide bonds. The van der Waals surface area contributed by atoms with Gasteiger partial charge in [-0.1, -0.05) is 30.7 Å². The molecule has 2 nitrogen and oxygen atoms in total. The summed E-state index contributed by atoms with van der Waals surface area (Å²) in [4.78, 5) is 2.67. The van der Waals surface area contributed by atoms with Gasteiger partial charge in [0, 0.05) is 19.1 Å². The van der Waals surface area contributed by atoms with Crippen LogP contribution >= 0.6 is 0 Å². The van der Waals surface area contributed by atoms with Crippen LogP contribution < -0.4 is 5.73 Å². The van der Waals surface area contributed by atoms with Gasteiger partial charge in [-0.3, -0.25) is 4.90 Å². The molecule has 0 aromatic heterocycles. The van der Waals surface area contributed by atoms with Crippen molar-refractivity contribution in [1.82, 2.24) is 4.90 Å². The Morgan fingerprint density at radius 1 is 1.18 bits per heavy atom. The number of nitrogens with two attached hydrogens (primary N) is 1. The third-order valence-corrected chi connectivity index (χ3v) is 4.55. The van der Waals surface area contributed by atoms with Crippen molar-refractivity contribution in [1.29, 1.82) is 0 Å². The highest BCUT2D eigenvalue weighted by atomic mass is 15.2. The highest BCUT2D eigenvalue weighted by Gasteiger charge is 2.32. The van der Waals surface area contributed by atoms with E-state index in [-0.39, 0.29) is 0 Å². The van der Waals surface area contributed by atoms with Crippen molar-refractivity contribution in [3.63, 3.8) is 0 Å². The number of hydrogen-bond acceptors (Lipinski definition) is 2. The number of rotatable bonds is 2. The lowest BCUT2D eigenvalue weighted by atomic mass is 9.95. The summed E-state index contributed by atoms with van der Waals surface area (Å²) in [6.07, 6.45) is 5.26. The van der Waals surface area contributed by atoms with Gasteiger partial charge in [0.2, 0.25) is 0 Å². The summed E-state index contributed by atoms with van der Waals surface area (Å²) >= 11 is 0. The average molecular weight is 230 g/mol. The zero-order valence-electron chi connectivity index (χ0n) is 10.4. The first-order chi connectivity index (χ1) is 8.38. The van der Waals surface area contributed by atoms with Crippen LogP contribution in [0.2, 0.25) is 0 Å². The van der Waals surface area contributed by atoms with E-state index in [0.29, 0.717) is 0 Å². The van der Waals surface area contributed by atoms with Crippen LogP contribution in [-0.4, -0.2) is 24.0 Å². The van der Waals surface area contributed by atoms with Crippen LogP contribution in [0.3, 0.4) is 0 Å². The maximum absolute atomic E-state index is 5.90. The molecular formula is C15H22N2. The fourth-order valence-electron chi connectivity index (χ4n) is 3.57. The fraction of sp³-hybridized carbons (Fsp3) is 0.600. The van der Waals surface area contributed by atoms with Gasteiger partial charge in [0.15, 0.2) is 0 Å². The van der Waals surface area contributed by atoms with Crippen LogP contribution in [0.5, 0.6) is 0 Å². The molecule has 2 atom stereocenters. The molecule has 1 saturated carbocycles. The van der Waals surface area contributed by atoms with Crippen molar-refractivity contribution in [2.75, 3.05) is 13.1 Å². The second-order valence-electron chi connectivity index (χ2n) is 5.48. The van der Waals surface area contributed by atoms with Crippen LogP contribution in [0.1, 0.15) is 30.4 Å². The SMILES string of the molecule is NCC1CCCC1N1CCc2ccccc2C1. The van der Waals surface area contributed by atoms with Gasteiger partial charge in [0.05, 0.1) is 0 Å². The van der Waals surface area contributed by atoms with Crippen LogP contribution in [0.4, 0.5) is 0 Å². The molecule has 1 heterocycles. The minimum absolute atomic E-state index is 0.736. The van der Waals surface area contributed by atoms with Crippen molar-refractivity contribution in [2.24, 2.45) is 11.7 Å². The second kappa shape index (κ2) is 4.79. The largest absolute Gasteiger partial charge is 0.330 e. The number of hydrogen-bond donors (Lipinski definition) is 1. The standard InChI is InChI=1S/C15H22N2/c16-10-13-6-3-7-15(13)17-9-8-12-4-1-2-5-14(12)11-17/h1-2,4-5,13,15H,3,6-11,16H2. The molecule has 1 aliphatic heterocycles. The van der Waals surface area contributed by atoms with E-state index in [2.05, 4.69) is 29.2 Å². The van der Waals surface area contributed by atoms with Crippen LogP contribution in [-0.2, 0) is 13.0 Å². The third-order valence-electron chi connectivity index (χ3n) is 4.55. The predicted octanol–water partition coefficient (Wildman–Crippen LogP) is 2.17. The Morgan fingerprint density at radius 3 is 2.82 bits per heavy atom. The lowest BCUT2D eigenvalue weighted by molar-refractivity contribution is 0.146. The lowest BCUT2D eigenvalue weighted by Crippen LogP contribution is -2.43. The maximum Gasteiger partial charge on any atom is 0.0239 e. The molecule has 92 valence electrons. The van der Waals surface area contributed by atoms with Crippen molar-refractivity contribution >= 4 is 0 Å². The Kier molecular flexibility index (Phi) is 3.17. The summed E-state index contributed by atoms with van der Waals surface area (Å²) in [5.41, 5.74) is 8.98. The van der Waals surface area contributed by atoms with E-state index < -0.39 is 0 Å². The van der Waals surface area contributed by atoms with Gasteiger partial charge in [-0.25, -0.2) is 0 Å². The molecule has 17 heavy (non-hydrogen) atoms. The quantitative estimate of drug-likeness (QED) is 0.843. The molecule has 2 unspecified atom stereocenters. The Hall–Kier alpha value is -0.860. The lowest BCUT2D eigenvalue weighted by Gasteiger charge is -2.36. The molecule has 0 spiro atoms. The van der Waals surface area contributed by atoms with Gasteiger partial charge in [0.1, 0.15) is 0 Å². The van der Waals surface area contributed by atoms with Gasteiger partial charge >= 0.3 is 0 Å². The van der Waals surface area contributed by atoms with E-state index in [4.69, 9.17) is 5.73 Å². The number of benzene rings is 1. The monoisotopic (exact) mass is 230 g/mol. The van der Waals surface area contributed by atoms with Crippen molar-refractivity contribution in [3.8, 4) is 0 Å². The van der Waals surface area contributed by atoms with E-state index in [0.717, 1.165) is 25.0 Å². The van der Waals surface area contributed by atoms with Crippen molar-refractivity contribution in [2.45, 2.75) is 38.3 Å². The van der Waals surface area contributed by atoms with E-state index in [9.17, 15) is 0 Å². The molecule has 1 fully saturated rings. The molecule has 1 aliphatic carbocycles. The summed E-state index contributed by atoms with van der Waals surface area (Å²) < 4.78 is 0. The third kappa shape index (κ3) is 2.12. The predicted molar refractivity (Wildman–Crippen MR) is 70.7 cm³/mol. The Bertz CT molecular complexity index is 388. The molecule has 2 aliphatic rings. The molecule has 0 saturated heterocycles. The molecule has 3 rings (SSSR count). The maximum atomic E-state index is 5.90. The Morgan fingerprint density at radius 2 is 2.00 bits per heavy atom. The van der Waals surface area contributed by atoms with Crippen LogP contribution in [0, 0.1) is 5.92 Å². The molecule has 1 aromatic rings. The summed E-state index contributed by atoms with van der Waals surface area (Å²) in [6.45, 7) is 3.22. The fourth-order valence-corrected chi connectivity index (χ4v) is 3.57. The van der Waals surface area contributed by atoms with E-state index in [1.807, 2.05) is 0 Å². The normalized spacial score (nSPS) is 29.2. The zero-order chi connectivity index (χ0) is 11.7. The van der Waals surface area contributed by atoms with Gasteiger partial charge in [-0.05, 0) is 42.9 Å². The molecular weight excluding hydrogens is 208 g/mol. The summed E-state index contributed by atoms with van der Waals surface area (Å²) in [7, 11) is 0. The summed E-state index contributed by atoms with van der Waals surface area (Å²) in [6, 6.07) is 9.63. The Balaban J connectivity index is 1.75. The second-order valence-corrected chi connectivity index (χ2v) is 5.48.